The van der Waals surface area contributed by atoms with Gasteiger partial charge in [-0.3, -0.25) is 4.79 Å². The number of pyridine rings is 1. The van der Waals surface area contributed by atoms with Crippen molar-refractivity contribution < 1.29 is 13.9 Å². The summed E-state index contributed by atoms with van der Waals surface area (Å²) in [6.07, 6.45) is 1.46. The molecule has 9 nitrogen and oxygen atoms in total. The number of carbonyl (C=O) groups is 1. The molecule has 3 aromatic rings. The third kappa shape index (κ3) is 5.23. The van der Waals surface area contributed by atoms with Gasteiger partial charge in [-0.05, 0) is 50.6 Å². The average Bonchev–Trinajstić information content (AvgIpc) is 2.90. The van der Waals surface area contributed by atoms with Crippen molar-refractivity contribution in [3.05, 3.63) is 58.5 Å². The van der Waals surface area contributed by atoms with E-state index in [9.17, 15) is 9.18 Å². The summed E-state index contributed by atoms with van der Waals surface area (Å²) in [5.41, 5.74) is 7.79. The number of anilines is 3. The Balaban J connectivity index is 1.46. The fraction of sp³-hybridized carbons (Fsp3) is 0.407. The Labute approximate surface area is 226 Å². The molecule has 0 bridgehead atoms. The van der Waals surface area contributed by atoms with Gasteiger partial charge in [0.25, 0.3) is 0 Å². The molecule has 1 amide bonds. The number of nitrogens with zero attached hydrogens (tertiary/aromatic N) is 6. The van der Waals surface area contributed by atoms with Crippen LogP contribution in [0.25, 0.3) is 11.3 Å². The molecule has 1 aromatic carbocycles. The first-order valence-electron chi connectivity index (χ1n) is 12.7. The number of primary amides is 1. The van der Waals surface area contributed by atoms with Gasteiger partial charge in [-0.2, -0.15) is 4.98 Å². The minimum Gasteiger partial charge on any atom is -0.377 e. The number of hydrogen-bond donors (Lipinski definition) is 1. The molecular formula is C27H31ClFN7O2. The van der Waals surface area contributed by atoms with E-state index in [-0.39, 0.29) is 23.5 Å². The topological polar surface area (TPSA) is 101 Å². The van der Waals surface area contributed by atoms with Gasteiger partial charge in [0.15, 0.2) is 0 Å². The van der Waals surface area contributed by atoms with Crippen molar-refractivity contribution in [1.82, 2.24) is 15.0 Å². The minimum atomic E-state index is -0.564. The van der Waals surface area contributed by atoms with Crippen molar-refractivity contribution in [2.75, 3.05) is 54.1 Å². The Hall–Kier alpha value is -3.50. The largest absolute Gasteiger partial charge is 0.377 e. The predicted molar refractivity (Wildman–Crippen MR) is 147 cm³/mol. The van der Waals surface area contributed by atoms with Crippen molar-refractivity contribution in [2.24, 2.45) is 5.73 Å². The molecule has 4 heterocycles. The van der Waals surface area contributed by atoms with Crippen molar-refractivity contribution in [1.29, 1.82) is 0 Å². The van der Waals surface area contributed by atoms with E-state index in [4.69, 9.17) is 32.0 Å². The number of rotatable bonds is 5. The fourth-order valence-corrected chi connectivity index (χ4v) is 5.25. The zero-order chi connectivity index (χ0) is 27.0. The maximum Gasteiger partial charge on any atom is 0.250 e. The number of amides is 1. The zero-order valence-electron chi connectivity index (χ0n) is 21.7. The number of morpholine rings is 1. The Morgan fingerprint density at radius 3 is 2.61 bits per heavy atom. The van der Waals surface area contributed by atoms with Crippen LogP contribution in [0.15, 0.2) is 36.5 Å². The molecule has 2 aliphatic rings. The summed E-state index contributed by atoms with van der Waals surface area (Å²) in [6, 6.07) is 8.79. The Morgan fingerprint density at radius 1 is 1.11 bits per heavy atom. The first kappa shape index (κ1) is 26.1. The number of halogens is 2. The van der Waals surface area contributed by atoms with Gasteiger partial charge in [0.1, 0.15) is 17.5 Å². The van der Waals surface area contributed by atoms with Gasteiger partial charge in [0, 0.05) is 50.0 Å². The molecule has 0 aliphatic carbocycles. The third-order valence-electron chi connectivity index (χ3n) is 7.11. The molecule has 2 aliphatic heterocycles. The second-order valence-corrected chi connectivity index (χ2v) is 10.3. The molecule has 11 heteroatoms. The molecule has 200 valence electrons. The Morgan fingerprint density at radius 2 is 1.92 bits per heavy atom. The van der Waals surface area contributed by atoms with Gasteiger partial charge in [0.05, 0.1) is 35.5 Å². The van der Waals surface area contributed by atoms with Gasteiger partial charge >= 0.3 is 0 Å². The maximum atomic E-state index is 14.0. The number of ether oxygens (including phenoxy) is 1. The molecule has 2 atom stereocenters. The summed E-state index contributed by atoms with van der Waals surface area (Å²) >= 11 is 6.45. The van der Waals surface area contributed by atoms with Crippen LogP contribution < -0.4 is 20.4 Å². The second kappa shape index (κ2) is 10.7. The lowest BCUT2D eigenvalue weighted by molar-refractivity contribution is 0.0981. The summed E-state index contributed by atoms with van der Waals surface area (Å²) in [5, 5.41) is 0.390. The zero-order valence-corrected chi connectivity index (χ0v) is 22.5. The molecule has 2 N–H and O–H groups in total. The van der Waals surface area contributed by atoms with Gasteiger partial charge in [-0.25, -0.2) is 14.4 Å². The van der Waals surface area contributed by atoms with E-state index < -0.39 is 5.91 Å². The molecule has 2 fully saturated rings. The minimum absolute atomic E-state index is 0.0742. The summed E-state index contributed by atoms with van der Waals surface area (Å²) in [6.45, 7) is 9.87. The van der Waals surface area contributed by atoms with E-state index in [0.29, 0.717) is 61.7 Å². The number of piperazine rings is 1. The van der Waals surface area contributed by atoms with Gasteiger partial charge in [-0.1, -0.05) is 11.6 Å². The van der Waals surface area contributed by atoms with Crippen molar-refractivity contribution in [2.45, 2.75) is 32.9 Å². The average molecular weight is 540 g/mol. The van der Waals surface area contributed by atoms with Gasteiger partial charge in [0.2, 0.25) is 11.9 Å². The van der Waals surface area contributed by atoms with Crippen LogP contribution in [0.4, 0.5) is 22.0 Å². The number of carbonyl (C=O) groups excluding carboxylic acids is 1. The van der Waals surface area contributed by atoms with Crippen LogP contribution in [-0.2, 0) is 4.74 Å². The van der Waals surface area contributed by atoms with Gasteiger partial charge in [-0.15, -0.1) is 0 Å². The van der Waals surface area contributed by atoms with Crippen LogP contribution in [0.5, 0.6) is 0 Å². The van der Waals surface area contributed by atoms with Crippen LogP contribution in [-0.4, -0.2) is 72.3 Å². The molecule has 2 saturated heterocycles. The van der Waals surface area contributed by atoms with E-state index >= 15 is 0 Å². The third-order valence-corrected chi connectivity index (χ3v) is 7.38. The predicted octanol–water partition coefficient (Wildman–Crippen LogP) is 3.68. The van der Waals surface area contributed by atoms with Gasteiger partial charge < -0.3 is 25.2 Å². The Kier molecular flexibility index (Phi) is 7.36. The summed E-state index contributed by atoms with van der Waals surface area (Å²) in [4.78, 5) is 32.3. The number of benzene rings is 1. The number of nitrogens with two attached hydrogens (primary N) is 1. The normalized spacial score (nSPS) is 20.1. The highest BCUT2D eigenvalue weighted by molar-refractivity contribution is 6.33. The molecule has 0 saturated carbocycles. The first-order chi connectivity index (χ1) is 18.2. The number of aryl methyl sites for hydroxylation is 1. The quantitative estimate of drug-likeness (QED) is 0.524. The molecule has 5 rings (SSSR count). The highest BCUT2D eigenvalue weighted by Crippen LogP contribution is 2.31. The molecule has 0 spiro atoms. The number of hydrogen-bond acceptors (Lipinski definition) is 8. The lowest BCUT2D eigenvalue weighted by Crippen LogP contribution is -2.53. The van der Waals surface area contributed by atoms with E-state index in [1.807, 2.05) is 12.1 Å². The van der Waals surface area contributed by atoms with Crippen molar-refractivity contribution >= 4 is 35.1 Å². The molecule has 2 aromatic heterocycles. The summed E-state index contributed by atoms with van der Waals surface area (Å²) in [7, 11) is 0. The van der Waals surface area contributed by atoms with Crippen LogP contribution >= 0.6 is 11.6 Å². The summed E-state index contributed by atoms with van der Waals surface area (Å²) < 4.78 is 19.6. The highest BCUT2D eigenvalue weighted by Gasteiger charge is 2.29. The van der Waals surface area contributed by atoms with E-state index in [1.165, 1.54) is 12.3 Å². The van der Waals surface area contributed by atoms with Crippen LogP contribution in [0, 0.1) is 12.7 Å². The molecule has 0 radical (unpaired) electrons. The second-order valence-electron chi connectivity index (χ2n) is 9.87. The monoisotopic (exact) mass is 539 g/mol. The van der Waals surface area contributed by atoms with Crippen LogP contribution in [0.3, 0.4) is 0 Å². The first-order valence-corrected chi connectivity index (χ1v) is 13.1. The SMILES string of the molecule is Cc1cc(-c2cc(N3CCN(c4ncc(C(N)=O)cc4Cl)CC3C)nc(N3CCOCC3C)n2)ccc1F. The van der Waals surface area contributed by atoms with Crippen LogP contribution in [0.1, 0.15) is 29.8 Å². The van der Waals surface area contributed by atoms with E-state index in [1.54, 1.807) is 19.1 Å². The highest BCUT2D eigenvalue weighted by atomic mass is 35.5. The summed E-state index contributed by atoms with van der Waals surface area (Å²) in [5.74, 6) is 1.25. The number of aromatic nitrogens is 3. The standard InChI is InChI=1S/C27H31ClFN7O2/c1-16-10-19(4-5-22(16)29)23-12-24(33-27(32-23)36-8-9-38-15-18(36)3)35-7-6-34(14-17(35)2)26-21(28)11-20(13-31-26)25(30)37/h4-5,10-13,17-18H,6-9,14-15H2,1-3H3,(H2,30,37). The van der Waals surface area contributed by atoms with Crippen molar-refractivity contribution in [3.63, 3.8) is 0 Å². The lowest BCUT2D eigenvalue weighted by atomic mass is 10.1. The van der Waals surface area contributed by atoms with E-state index in [2.05, 4.69) is 33.5 Å². The van der Waals surface area contributed by atoms with E-state index in [0.717, 1.165) is 17.1 Å². The maximum absolute atomic E-state index is 14.0. The molecule has 38 heavy (non-hydrogen) atoms. The Bertz CT molecular complexity index is 1360. The smallest absolute Gasteiger partial charge is 0.250 e. The fourth-order valence-electron chi connectivity index (χ4n) is 4.96. The molecular weight excluding hydrogens is 509 g/mol. The van der Waals surface area contributed by atoms with Crippen LogP contribution in [0.2, 0.25) is 5.02 Å². The lowest BCUT2D eigenvalue weighted by Gasteiger charge is -2.42. The van der Waals surface area contributed by atoms with Crippen molar-refractivity contribution in [3.8, 4) is 11.3 Å². The molecule has 2 unspecified atom stereocenters.